The molecule has 4 nitrogen and oxygen atoms in total. The smallest absolute Gasteiger partial charge is 0.155 e. The lowest BCUT2D eigenvalue weighted by Crippen LogP contribution is -2.37. The maximum Gasteiger partial charge on any atom is 0.155 e. The van der Waals surface area contributed by atoms with Crippen LogP contribution in [0.15, 0.2) is 24.3 Å². The number of methoxy groups -OCH3 is 1. The summed E-state index contributed by atoms with van der Waals surface area (Å²) in [6.45, 7) is 3.01. The van der Waals surface area contributed by atoms with Gasteiger partial charge in [-0.3, -0.25) is 0 Å². The van der Waals surface area contributed by atoms with Gasteiger partial charge in [-0.15, -0.1) is 0 Å². The van der Waals surface area contributed by atoms with Gasteiger partial charge in [0.15, 0.2) is 9.84 Å². The van der Waals surface area contributed by atoms with Crippen molar-refractivity contribution < 1.29 is 18.3 Å². The van der Waals surface area contributed by atoms with Crippen LogP contribution in [-0.2, 0) is 9.84 Å². The third kappa shape index (κ3) is 2.79. The Morgan fingerprint density at radius 1 is 1.35 bits per heavy atom. The average molecular weight is 258 g/mol. The van der Waals surface area contributed by atoms with Crippen molar-refractivity contribution in [3.8, 4) is 5.75 Å². The predicted octanol–water partition coefficient (Wildman–Crippen LogP) is 1.55. The summed E-state index contributed by atoms with van der Waals surface area (Å²) in [7, 11) is -1.84. The summed E-state index contributed by atoms with van der Waals surface area (Å²) in [5.74, 6) is 0.589. The molecule has 5 heteroatoms. The Labute approximate surface area is 102 Å². The monoisotopic (exact) mass is 258 g/mol. The second-order valence-electron chi connectivity index (χ2n) is 4.55. The van der Waals surface area contributed by atoms with Gasteiger partial charge in [-0.2, -0.15) is 0 Å². The highest BCUT2D eigenvalue weighted by Gasteiger charge is 2.38. The van der Waals surface area contributed by atoms with E-state index < -0.39 is 20.7 Å². The van der Waals surface area contributed by atoms with Crippen molar-refractivity contribution in [2.75, 3.05) is 13.4 Å². The minimum absolute atomic E-state index is 0.528. The standard InChI is InChI=1S/C12H18O4S/c1-12(2,17(4,14)15)11(13)9-6-5-7-10(8-9)16-3/h5-8,11,13H,1-4H3. The fourth-order valence-corrected chi connectivity index (χ4v) is 1.96. The molecule has 1 aromatic carbocycles. The van der Waals surface area contributed by atoms with Crippen molar-refractivity contribution in [2.45, 2.75) is 24.7 Å². The molecule has 1 aromatic rings. The Balaban J connectivity index is 3.16. The Kier molecular flexibility index (Phi) is 3.84. The van der Waals surface area contributed by atoms with E-state index in [1.807, 2.05) is 0 Å². The number of aliphatic hydroxyl groups is 1. The molecule has 0 aromatic heterocycles. The van der Waals surface area contributed by atoms with Gasteiger partial charge in [0.2, 0.25) is 0 Å². The van der Waals surface area contributed by atoms with Crippen LogP contribution >= 0.6 is 0 Å². The molecule has 0 fully saturated rings. The summed E-state index contributed by atoms with van der Waals surface area (Å²) < 4.78 is 27.1. The SMILES string of the molecule is COc1cccc(C(O)C(C)(C)S(C)(=O)=O)c1. The van der Waals surface area contributed by atoms with Gasteiger partial charge in [0.05, 0.1) is 18.0 Å². The summed E-state index contributed by atoms with van der Waals surface area (Å²) in [6.07, 6.45) is 0.0312. The minimum atomic E-state index is -3.36. The molecule has 0 spiro atoms. The molecule has 0 heterocycles. The van der Waals surface area contributed by atoms with Crippen molar-refractivity contribution in [3.05, 3.63) is 29.8 Å². The van der Waals surface area contributed by atoms with Crippen LogP contribution in [0.4, 0.5) is 0 Å². The van der Waals surface area contributed by atoms with Gasteiger partial charge in [-0.1, -0.05) is 12.1 Å². The van der Waals surface area contributed by atoms with Crippen molar-refractivity contribution >= 4 is 9.84 Å². The fraction of sp³-hybridized carbons (Fsp3) is 0.500. The van der Waals surface area contributed by atoms with Gasteiger partial charge in [0.25, 0.3) is 0 Å². The fourth-order valence-electron chi connectivity index (χ4n) is 1.42. The first-order valence-corrected chi connectivity index (χ1v) is 7.11. The van der Waals surface area contributed by atoms with Crippen LogP contribution in [0, 0.1) is 0 Å². The maximum atomic E-state index is 11.6. The molecule has 1 rings (SSSR count). The summed E-state index contributed by atoms with van der Waals surface area (Å²) in [6, 6.07) is 6.77. The number of sulfone groups is 1. The molecular formula is C12H18O4S. The van der Waals surface area contributed by atoms with Crippen LogP contribution in [0.2, 0.25) is 0 Å². The van der Waals surface area contributed by atoms with E-state index in [4.69, 9.17) is 4.74 Å². The minimum Gasteiger partial charge on any atom is -0.497 e. The van der Waals surface area contributed by atoms with Crippen LogP contribution < -0.4 is 4.74 Å². The quantitative estimate of drug-likeness (QED) is 0.890. The Morgan fingerprint density at radius 2 is 1.94 bits per heavy atom. The average Bonchev–Trinajstić information content (AvgIpc) is 2.26. The number of hydrogen-bond donors (Lipinski definition) is 1. The zero-order chi connectivity index (χ0) is 13.3. The molecule has 0 aliphatic heterocycles. The third-order valence-corrected chi connectivity index (χ3v) is 5.16. The van der Waals surface area contributed by atoms with E-state index in [0.717, 1.165) is 6.26 Å². The van der Waals surface area contributed by atoms with E-state index in [0.29, 0.717) is 11.3 Å². The van der Waals surface area contributed by atoms with E-state index in [1.165, 1.54) is 21.0 Å². The second kappa shape index (κ2) is 4.66. The first-order chi connectivity index (χ1) is 7.70. The van der Waals surface area contributed by atoms with E-state index in [2.05, 4.69) is 0 Å². The molecule has 1 N–H and O–H groups in total. The zero-order valence-electron chi connectivity index (χ0n) is 10.5. The van der Waals surface area contributed by atoms with Crippen LogP contribution in [0.1, 0.15) is 25.5 Å². The second-order valence-corrected chi connectivity index (χ2v) is 7.15. The first-order valence-electron chi connectivity index (χ1n) is 5.21. The number of rotatable bonds is 4. The summed E-state index contributed by atoms with van der Waals surface area (Å²) in [5, 5.41) is 10.2. The highest BCUT2D eigenvalue weighted by Crippen LogP contribution is 2.33. The van der Waals surface area contributed by atoms with Crippen LogP contribution in [0.25, 0.3) is 0 Å². The summed E-state index contributed by atoms with van der Waals surface area (Å²) >= 11 is 0. The predicted molar refractivity (Wildman–Crippen MR) is 66.9 cm³/mol. The van der Waals surface area contributed by atoms with Crippen LogP contribution in [0.3, 0.4) is 0 Å². The molecule has 1 unspecified atom stereocenters. The largest absolute Gasteiger partial charge is 0.497 e. The maximum absolute atomic E-state index is 11.6. The van der Waals surface area contributed by atoms with Crippen LogP contribution in [0.5, 0.6) is 5.75 Å². The van der Waals surface area contributed by atoms with Gasteiger partial charge in [-0.05, 0) is 31.5 Å². The van der Waals surface area contributed by atoms with Crippen molar-refractivity contribution in [1.29, 1.82) is 0 Å². The van der Waals surface area contributed by atoms with Gasteiger partial charge in [0, 0.05) is 6.26 Å². The van der Waals surface area contributed by atoms with Gasteiger partial charge < -0.3 is 9.84 Å². The molecule has 0 radical (unpaired) electrons. The Hall–Kier alpha value is -1.07. The van der Waals surface area contributed by atoms with Crippen molar-refractivity contribution in [3.63, 3.8) is 0 Å². The lowest BCUT2D eigenvalue weighted by Gasteiger charge is -2.29. The van der Waals surface area contributed by atoms with Gasteiger partial charge in [0.1, 0.15) is 5.75 Å². The highest BCUT2D eigenvalue weighted by molar-refractivity contribution is 7.92. The topological polar surface area (TPSA) is 63.6 Å². The summed E-state index contributed by atoms with van der Waals surface area (Å²) in [4.78, 5) is 0. The van der Waals surface area contributed by atoms with Crippen molar-refractivity contribution in [2.24, 2.45) is 0 Å². The van der Waals surface area contributed by atoms with Gasteiger partial charge in [-0.25, -0.2) is 8.42 Å². The molecule has 0 saturated heterocycles. The lowest BCUT2D eigenvalue weighted by molar-refractivity contribution is 0.139. The molecular weight excluding hydrogens is 240 g/mol. The Morgan fingerprint density at radius 3 is 2.41 bits per heavy atom. The first kappa shape index (κ1) is 14.0. The molecule has 0 aliphatic rings. The molecule has 17 heavy (non-hydrogen) atoms. The number of aliphatic hydroxyl groups excluding tert-OH is 1. The number of benzene rings is 1. The van der Waals surface area contributed by atoms with Crippen molar-refractivity contribution in [1.82, 2.24) is 0 Å². The van der Waals surface area contributed by atoms with E-state index in [1.54, 1.807) is 24.3 Å². The highest BCUT2D eigenvalue weighted by atomic mass is 32.2. The van der Waals surface area contributed by atoms with Crippen LogP contribution in [-0.4, -0.2) is 31.6 Å². The molecule has 96 valence electrons. The molecule has 0 saturated carbocycles. The summed E-state index contributed by atoms with van der Waals surface area (Å²) in [5.41, 5.74) is 0.528. The third-order valence-electron chi connectivity index (χ3n) is 3.02. The molecule has 1 atom stereocenters. The van der Waals surface area contributed by atoms with E-state index in [-0.39, 0.29) is 0 Å². The lowest BCUT2D eigenvalue weighted by atomic mass is 9.98. The number of ether oxygens (including phenoxy) is 1. The zero-order valence-corrected chi connectivity index (χ0v) is 11.3. The normalized spacial score (nSPS) is 14.4. The van der Waals surface area contributed by atoms with Gasteiger partial charge >= 0.3 is 0 Å². The van der Waals surface area contributed by atoms with E-state index >= 15 is 0 Å². The van der Waals surface area contributed by atoms with E-state index in [9.17, 15) is 13.5 Å². The Bertz CT molecular complexity index is 491. The molecule has 0 bridgehead atoms. The molecule has 0 amide bonds. The molecule has 0 aliphatic carbocycles. The number of hydrogen-bond acceptors (Lipinski definition) is 4.